The molecule has 0 saturated carbocycles. The molecule has 0 saturated heterocycles. The largest absolute Gasteiger partial charge is 0.397 e. The van der Waals surface area contributed by atoms with Crippen molar-refractivity contribution >= 4 is 26.9 Å². The van der Waals surface area contributed by atoms with Gasteiger partial charge in [0.1, 0.15) is 0 Å². The van der Waals surface area contributed by atoms with E-state index in [1.165, 1.54) is 11.3 Å². The quantitative estimate of drug-likeness (QED) is 0.787. The molecule has 0 aliphatic rings. The Morgan fingerprint density at radius 2 is 2.05 bits per heavy atom. The first-order valence-electron chi connectivity index (χ1n) is 6.37. The van der Waals surface area contributed by atoms with Crippen LogP contribution in [0.5, 0.6) is 0 Å². The fraction of sp³-hybridized carbons (Fsp3) is 0.308. The van der Waals surface area contributed by atoms with Crippen molar-refractivity contribution in [1.82, 2.24) is 4.98 Å². The average molecular weight is 328 g/mol. The average Bonchev–Trinajstić information content (AvgIpc) is 2.93. The molecule has 1 heterocycles. The van der Waals surface area contributed by atoms with Gasteiger partial charge in [0.15, 0.2) is 5.13 Å². The van der Waals surface area contributed by atoms with Gasteiger partial charge in [0.25, 0.3) is 0 Å². The fourth-order valence-electron chi connectivity index (χ4n) is 1.79. The summed E-state index contributed by atoms with van der Waals surface area (Å²) in [5, 5.41) is 2.74. The van der Waals surface area contributed by atoms with Crippen molar-refractivity contribution in [2.75, 3.05) is 24.6 Å². The Labute approximate surface area is 128 Å². The van der Waals surface area contributed by atoms with Gasteiger partial charge < -0.3 is 4.90 Å². The Kier molecular flexibility index (Phi) is 5.29. The summed E-state index contributed by atoms with van der Waals surface area (Å²) in [4.78, 5) is 6.43. The van der Waals surface area contributed by atoms with Crippen LogP contribution in [0.4, 0.5) is 5.13 Å². The van der Waals surface area contributed by atoms with E-state index in [1.807, 2.05) is 47.5 Å². The van der Waals surface area contributed by atoms with Crippen LogP contribution in [0.3, 0.4) is 0 Å². The van der Waals surface area contributed by atoms with Gasteiger partial charge in [-0.2, -0.15) is 8.42 Å². The maximum absolute atomic E-state index is 10.5. The van der Waals surface area contributed by atoms with Crippen molar-refractivity contribution < 1.29 is 17.2 Å². The van der Waals surface area contributed by atoms with Crippen LogP contribution in [0.25, 0.3) is 11.3 Å². The lowest BCUT2D eigenvalue weighted by Crippen LogP contribution is -2.27. The Bertz CT molecular complexity index is 670. The number of rotatable bonds is 7. The molecule has 0 spiro atoms. The van der Waals surface area contributed by atoms with E-state index in [0.29, 0.717) is 13.1 Å². The number of benzene rings is 1. The number of thiazole rings is 1. The highest BCUT2D eigenvalue weighted by atomic mass is 32.3. The van der Waals surface area contributed by atoms with Crippen LogP contribution < -0.4 is 4.90 Å². The minimum atomic E-state index is -4.39. The van der Waals surface area contributed by atoms with Crippen molar-refractivity contribution in [3.05, 3.63) is 35.7 Å². The second-order valence-corrected chi connectivity index (χ2v) is 6.14. The number of hydrogen-bond acceptors (Lipinski definition) is 6. The summed E-state index contributed by atoms with van der Waals surface area (Å²) in [6.45, 7) is 2.82. The highest BCUT2D eigenvalue weighted by Gasteiger charge is 2.12. The predicted molar refractivity (Wildman–Crippen MR) is 82.9 cm³/mol. The summed E-state index contributed by atoms with van der Waals surface area (Å²) in [7, 11) is -4.39. The van der Waals surface area contributed by atoms with Gasteiger partial charge in [-0.3, -0.25) is 4.55 Å². The molecule has 0 aliphatic heterocycles. The highest BCUT2D eigenvalue weighted by Crippen LogP contribution is 2.27. The van der Waals surface area contributed by atoms with Gasteiger partial charge in [0, 0.05) is 24.0 Å². The van der Waals surface area contributed by atoms with E-state index in [2.05, 4.69) is 9.17 Å². The zero-order valence-electron chi connectivity index (χ0n) is 11.5. The van der Waals surface area contributed by atoms with Crippen LogP contribution in [0.15, 0.2) is 35.7 Å². The van der Waals surface area contributed by atoms with Crippen LogP contribution in [0.2, 0.25) is 0 Å². The summed E-state index contributed by atoms with van der Waals surface area (Å²) >= 11 is 1.48. The van der Waals surface area contributed by atoms with E-state index < -0.39 is 10.4 Å². The van der Waals surface area contributed by atoms with Gasteiger partial charge in [0.2, 0.25) is 0 Å². The molecular weight excluding hydrogens is 312 g/mol. The summed E-state index contributed by atoms with van der Waals surface area (Å²) in [5.41, 5.74) is 1.91. The summed E-state index contributed by atoms with van der Waals surface area (Å²) < 4.78 is 33.9. The minimum Gasteiger partial charge on any atom is -0.346 e. The highest BCUT2D eigenvalue weighted by molar-refractivity contribution is 7.80. The van der Waals surface area contributed by atoms with Crippen LogP contribution in [0.1, 0.15) is 6.92 Å². The molecule has 0 unspecified atom stereocenters. The Hall–Kier alpha value is -1.48. The summed E-state index contributed by atoms with van der Waals surface area (Å²) in [6.07, 6.45) is 0. The van der Waals surface area contributed by atoms with Gasteiger partial charge in [-0.15, -0.1) is 11.3 Å². The maximum atomic E-state index is 10.5. The van der Waals surface area contributed by atoms with Crippen molar-refractivity contribution in [1.29, 1.82) is 0 Å². The van der Waals surface area contributed by atoms with Crippen molar-refractivity contribution in [2.45, 2.75) is 6.92 Å². The van der Waals surface area contributed by atoms with E-state index in [0.717, 1.165) is 16.4 Å². The van der Waals surface area contributed by atoms with E-state index >= 15 is 0 Å². The normalized spacial score (nSPS) is 11.5. The van der Waals surface area contributed by atoms with Gasteiger partial charge in [0.05, 0.1) is 12.3 Å². The van der Waals surface area contributed by atoms with E-state index in [-0.39, 0.29) is 6.61 Å². The summed E-state index contributed by atoms with van der Waals surface area (Å²) in [5.74, 6) is 0. The Morgan fingerprint density at radius 1 is 1.33 bits per heavy atom. The number of likely N-dealkylation sites (N-methyl/N-ethyl adjacent to an activating group) is 1. The van der Waals surface area contributed by atoms with Crippen molar-refractivity contribution in [3.8, 4) is 11.3 Å². The second kappa shape index (κ2) is 6.99. The molecule has 0 radical (unpaired) electrons. The standard InChI is InChI=1S/C13H16N2O4S2/c1-2-15(8-9-19-21(16,17)18)13-14-12(10-20-13)11-6-4-3-5-7-11/h3-7,10H,2,8-9H2,1H3,(H,16,17,18). The van der Waals surface area contributed by atoms with Gasteiger partial charge in [-0.25, -0.2) is 9.17 Å². The third-order valence-electron chi connectivity index (χ3n) is 2.81. The molecule has 0 bridgehead atoms. The topological polar surface area (TPSA) is 79.7 Å². The Balaban J connectivity index is 2.04. The molecule has 1 aromatic heterocycles. The molecule has 8 heteroatoms. The van der Waals surface area contributed by atoms with Gasteiger partial charge in [-0.1, -0.05) is 30.3 Å². The third-order valence-corrected chi connectivity index (χ3v) is 4.17. The first kappa shape index (κ1) is 15.9. The first-order valence-corrected chi connectivity index (χ1v) is 8.62. The van der Waals surface area contributed by atoms with Crippen molar-refractivity contribution in [2.24, 2.45) is 0 Å². The zero-order chi connectivity index (χ0) is 15.3. The molecule has 2 rings (SSSR count). The number of nitrogens with zero attached hydrogens (tertiary/aromatic N) is 2. The van der Waals surface area contributed by atoms with E-state index in [1.54, 1.807) is 0 Å². The van der Waals surface area contributed by atoms with Crippen LogP contribution in [-0.2, 0) is 14.6 Å². The second-order valence-electron chi connectivity index (χ2n) is 4.21. The minimum absolute atomic E-state index is 0.118. The van der Waals surface area contributed by atoms with Crippen LogP contribution >= 0.6 is 11.3 Å². The monoisotopic (exact) mass is 328 g/mol. The molecule has 114 valence electrons. The lowest BCUT2D eigenvalue weighted by Gasteiger charge is -2.18. The number of anilines is 1. The fourth-order valence-corrected chi connectivity index (χ4v) is 3.00. The lowest BCUT2D eigenvalue weighted by molar-refractivity contribution is 0.273. The molecule has 6 nitrogen and oxygen atoms in total. The maximum Gasteiger partial charge on any atom is 0.397 e. The molecule has 0 aliphatic carbocycles. The summed E-state index contributed by atoms with van der Waals surface area (Å²) in [6, 6.07) is 9.81. The van der Waals surface area contributed by atoms with Crippen LogP contribution in [-0.4, -0.2) is 37.7 Å². The van der Waals surface area contributed by atoms with Crippen molar-refractivity contribution in [3.63, 3.8) is 0 Å². The zero-order valence-corrected chi connectivity index (χ0v) is 13.1. The Morgan fingerprint density at radius 3 is 2.67 bits per heavy atom. The molecule has 1 N–H and O–H groups in total. The van der Waals surface area contributed by atoms with E-state index in [9.17, 15) is 8.42 Å². The number of hydrogen-bond donors (Lipinski definition) is 1. The predicted octanol–water partition coefficient (Wildman–Crippen LogP) is 2.46. The molecular formula is C13H16N2O4S2. The molecule has 0 amide bonds. The molecule has 0 fully saturated rings. The molecule has 1 aromatic carbocycles. The van der Waals surface area contributed by atoms with Gasteiger partial charge in [-0.05, 0) is 6.92 Å². The number of aromatic nitrogens is 1. The molecule has 21 heavy (non-hydrogen) atoms. The molecule has 0 atom stereocenters. The smallest absolute Gasteiger partial charge is 0.346 e. The third kappa shape index (κ3) is 4.78. The first-order chi connectivity index (χ1) is 9.99. The van der Waals surface area contributed by atoms with Gasteiger partial charge >= 0.3 is 10.4 Å². The lowest BCUT2D eigenvalue weighted by atomic mass is 10.2. The van der Waals surface area contributed by atoms with E-state index in [4.69, 9.17) is 4.55 Å². The molecule has 2 aromatic rings. The SMILES string of the molecule is CCN(CCOS(=O)(=O)O)c1nc(-c2ccccc2)cs1. The van der Waals surface area contributed by atoms with Crippen LogP contribution in [0, 0.1) is 0 Å².